The summed E-state index contributed by atoms with van der Waals surface area (Å²) in [5.41, 5.74) is 0.568. The maximum Gasteiger partial charge on any atom is 0.00503 e. The van der Waals surface area contributed by atoms with E-state index in [2.05, 4.69) is 31.0 Å². The van der Waals surface area contributed by atoms with Gasteiger partial charge in [-0.15, -0.1) is 0 Å². The van der Waals surface area contributed by atoms with Gasteiger partial charge in [0.05, 0.1) is 0 Å². The second-order valence-electron chi connectivity index (χ2n) is 7.84. The summed E-state index contributed by atoms with van der Waals surface area (Å²) >= 11 is 0. The molecule has 0 aromatic carbocycles. The molecule has 1 heterocycles. The van der Waals surface area contributed by atoms with E-state index in [-0.39, 0.29) is 0 Å². The van der Waals surface area contributed by atoms with Gasteiger partial charge in [-0.3, -0.25) is 0 Å². The lowest BCUT2D eigenvalue weighted by molar-refractivity contribution is 0.0645. The number of likely N-dealkylation sites (tertiary alicyclic amines) is 1. The zero-order valence-electron chi connectivity index (χ0n) is 14.1. The molecule has 1 unspecified atom stereocenters. The predicted octanol–water partition coefficient (Wildman–Crippen LogP) is 3.91. The Bertz CT molecular complexity index is 269. The van der Waals surface area contributed by atoms with E-state index >= 15 is 0 Å². The number of piperidine rings is 1. The quantitative estimate of drug-likeness (QED) is 0.742. The third kappa shape index (κ3) is 4.73. The van der Waals surface area contributed by atoms with Crippen LogP contribution in [-0.4, -0.2) is 37.6 Å². The van der Waals surface area contributed by atoms with Crippen LogP contribution in [0.5, 0.6) is 0 Å². The van der Waals surface area contributed by atoms with Gasteiger partial charge in [0.2, 0.25) is 0 Å². The monoisotopic (exact) mass is 280 g/mol. The first kappa shape index (κ1) is 16.3. The molecule has 0 radical (unpaired) electrons. The molecule has 1 saturated heterocycles. The highest BCUT2D eigenvalue weighted by Gasteiger charge is 2.36. The van der Waals surface area contributed by atoms with Crippen molar-refractivity contribution in [2.24, 2.45) is 17.3 Å². The third-order valence-electron chi connectivity index (χ3n) is 5.56. The van der Waals surface area contributed by atoms with E-state index < -0.39 is 0 Å². The highest BCUT2D eigenvalue weighted by molar-refractivity contribution is 4.90. The third-order valence-corrected chi connectivity index (χ3v) is 5.56. The lowest BCUT2D eigenvalue weighted by atomic mass is 9.70. The Morgan fingerprint density at radius 2 is 1.85 bits per heavy atom. The molecule has 1 N–H and O–H groups in total. The second kappa shape index (κ2) is 7.79. The van der Waals surface area contributed by atoms with Crippen molar-refractivity contribution in [3.8, 4) is 0 Å². The molecule has 1 atom stereocenters. The van der Waals surface area contributed by atoms with E-state index in [0.29, 0.717) is 5.41 Å². The second-order valence-corrected chi connectivity index (χ2v) is 7.84. The van der Waals surface area contributed by atoms with Crippen molar-refractivity contribution in [2.75, 3.05) is 32.7 Å². The molecule has 1 saturated carbocycles. The molecule has 0 spiro atoms. The molecule has 0 amide bonds. The van der Waals surface area contributed by atoms with Crippen molar-refractivity contribution in [3.05, 3.63) is 0 Å². The molecule has 2 nitrogen and oxygen atoms in total. The largest absolute Gasteiger partial charge is 0.316 e. The Balaban J connectivity index is 1.91. The van der Waals surface area contributed by atoms with E-state index in [1.54, 1.807) is 0 Å². The Labute approximate surface area is 126 Å². The lowest BCUT2D eigenvalue weighted by Crippen LogP contribution is -2.48. The Hall–Kier alpha value is -0.0800. The fraction of sp³-hybridized carbons (Fsp3) is 1.00. The minimum atomic E-state index is 0.568. The predicted molar refractivity (Wildman–Crippen MR) is 88.1 cm³/mol. The molecule has 2 heteroatoms. The highest BCUT2D eigenvalue weighted by atomic mass is 15.1. The Kier molecular flexibility index (Phi) is 6.35. The molecule has 2 aliphatic rings. The van der Waals surface area contributed by atoms with Crippen LogP contribution in [0.25, 0.3) is 0 Å². The summed E-state index contributed by atoms with van der Waals surface area (Å²) < 4.78 is 0. The fourth-order valence-corrected chi connectivity index (χ4v) is 4.20. The Morgan fingerprint density at radius 3 is 2.50 bits per heavy atom. The van der Waals surface area contributed by atoms with Gasteiger partial charge >= 0.3 is 0 Å². The molecule has 2 rings (SSSR count). The van der Waals surface area contributed by atoms with Crippen LogP contribution in [-0.2, 0) is 0 Å². The molecule has 0 aromatic heterocycles. The van der Waals surface area contributed by atoms with Gasteiger partial charge in [0.15, 0.2) is 0 Å². The zero-order chi connectivity index (χ0) is 14.4. The number of hydrogen-bond acceptors (Lipinski definition) is 2. The molecule has 0 aromatic rings. The van der Waals surface area contributed by atoms with Gasteiger partial charge in [-0.2, -0.15) is 0 Å². The van der Waals surface area contributed by atoms with Gasteiger partial charge in [0.25, 0.3) is 0 Å². The minimum absolute atomic E-state index is 0.568. The first-order valence-corrected chi connectivity index (χ1v) is 9.06. The van der Waals surface area contributed by atoms with Gasteiger partial charge < -0.3 is 10.2 Å². The van der Waals surface area contributed by atoms with E-state index in [1.807, 2.05) is 0 Å². The molecule has 20 heavy (non-hydrogen) atoms. The van der Waals surface area contributed by atoms with Gasteiger partial charge in [-0.05, 0) is 62.4 Å². The number of nitrogens with zero attached hydrogens (tertiary/aromatic N) is 1. The van der Waals surface area contributed by atoms with Crippen LogP contribution < -0.4 is 5.32 Å². The molecule has 1 aliphatic carbocycles. The summed E-state index contributed by atoms with van der Waals surface area (Å²) in [7, 11) is 0. The van der Waals surface area contributed by atoms with Crippen molar-refractivity contribution in [1.29, 1.82) is 0 Å². The number of rotatable bonds is 6. The van der Waals surface area contributed by atoms with Crippen molar-refractivity contribution in [3.63, 3.8) is 0 Å². The molecular formula is C18H36N2. The minimum Gasteiger partial charge on any atom is -0.316 e. The van der Waals surface area contributed by atoms with Gasteiger partial charge in [0.1, 0.15) is 0 Å². The van der Waals surface area contributed by atoms with Crippen molar-refractivity contribution < 1.29 is 0 Å². The summed E-state index contributed by atoms with van der Waals surface area (Å²) in [5, 5.41) is 3.73. The summed E-state index contributed by atoms with van der Waals surface area (Å²) in [6.07, 6.45) is 9.87. The van der Waals surface area contributed by atoms with Crippen LogP contribution in [0.3, 0.4) is 0 Å². The summed E-state index contributed by atoms with van der Waals surface area (Å²) in [5.74, 6) is 1.86. The summed E-state index contributed by atoms with van der Waals surface area (Å²) in [6.45, 7) is 13.6. The average Bonchev–Trinajstić information content (AvgIpc) is 2.43. The van der Waals surface area contributed by atoms with E-state index in [4.69, 9.17) is 0 Å². The van der Waals surface area contributed by atoms with Crippen LogP contribution >= 0.6 is 0 Å². The number of nitrogens with one attached hydrogen (secondary N) is 1. The Morgan fingerprint density at radius 1 is 1.10 bits per heavy atom. The fourth-order valence-electron chi connectivity index (χ4n) is 4.20. The topological polar surface area (TPSA) is 15.3 Å². The smallest absolute Gasteiger partial charge is 0.00503 e. The zero-order valence-corrected chi connectivity index (χ0v) is 14.1. The highest BCUT2D eigenvalue weighted by Crippen LogP contribution is 2.39. The van der Waals surface area contributed by atoms with E-state index in [0.717, 1.165) is 11.8 Å². The molecule has 1 aliphatic heterocycles. The van der Waals surface area contributed by atoms with Gasteiger partial charge in [0, 0.05) is 19.6 Å². The maximum atomic E-state index is 3.73. The van der Waals surface area contributed by atoms with Crippen LogP contribution in [0.15, 0.2) is 0 Å². The number of hydrogen-bond donors (Lipinski definition) is 1. The SMILES string of the molecule is CCCNCC1(CN2CCCC(C)C2)CCC(C)CC1. The summed E-state index contributed by atoms with van der Waals surface area (Å²) in [4.78, 5) is 2.78. The van der Waals surface area contributed by atoms with Gasteiger partial charge in [-0.25, -0.2) is 0 Å². The summed E-state index contributed by atoms with van der Waals surface area (Å²) in [6, 6.07) is 0. The van der Waals surface area contributed by atoms with Crippen molar-refractivity contribution in [1.82, 2.24) is 10.2 Å². The van der Waals surface area contributed by atoms with Crippen molar-refractivity contribution >= 4 is 0 Å². The van der Waals surface area contributed by atoms with Crippen molar-refractivity contribution in [2.45, 2.75) is 65.7 Å². The van der Waals surface area contributed by atoms with E-state index in [1.165, 1.54) is 77.7 Å². The van der Waals surface area contributed by atoms with Crippen LogP contribution in [0.2, 0.25) is 0 Å². The van der Waals surface area contributed by atoms with Crippen LogP contribution in [0, 0.1) is 17.3 Å². The first-order chi connectivity index (χ1) is 9.63. The maximum absolute atomic E-state index is 3.73. The molecule has 0 bridgehead atoms. The average molecular weight is 280 g/mol. The standard InChI is InChI=1S/C18H36N2/c1-4-11-19-14-18(9-7-16(2)8-10-18)15-20-12-5-6-17(3)13-20/h16-17,19H,4-15H2,1-3H3. The van der Waals surface area contributed by atoms with E-state index in [9.17, 15) is 0 Å². The lowest BCUT2D eigenvalue weighted by Gasteiger charge is -2.44. The van der Waals surface area contributed by atoms with Crippen LogP contribution in [0.1, 0.15) is 65.7 Å². The first-order valence-electron chi connectivity index (χ1n) is 9.06. The normalized spacial score (nSPS) is 36.1. The molecule has 118 valence electrons. The van der Waals surface area contributed by atoms with Gasteiger partial charge in [-0.1, -0.05) is 33.6 Å². The van der Waals surface area contributed by atoms with Crippen LogP contribution in [0.4, 0.5) is 0 Å². The molecular weight excluding hydrogens is 244 g/mol. The molecule has 2 fully saturated rings.